The minimum atomic E-state index is 0.380. The predicted molar refractivity (Wildman–Crippen MR) is 112 cm³/mol. The van der Waals surface area contributed by atoms with Crippen molar-refractivity contribution < 1.29 is 0 Å². The highest BCUT2D eigenvalue weighted by Crippen LogP contribution is 2.22. The van der Waals surface area contributed by atoms with Gasteiger partial charge in [-0.2, -0.15) is 0 Å². The average Bonchev–Trinajstić information content (AvgIpc) is 3.00. The summed E-state index contributed by atoms with van der Waals surface area (Å²) in [6.07, 6.45) is 3.00. The fourth-order valence-corrected chi connectivity index (χ4v) is 3.53. The van der Waals surface area contributed by atoms with Crippen molar-refractivity contribution in [2.75, 3.05) is 27.2 Å². The fraction of sp³-hybridized carbons (Fsp3) is 0.455. The molecule has 0 aliphatic carbocycles. The van der Waals surface area contributed by atoms with E-state index in [2.05, 4.69) is 83.7 Å². The summed E-state index contributed by atoms with van der Waals surface area (Å²) in [7, 11) is 4.25. The Bertz CT molecular complexity index is 838. The third-order valence-corrected chi connectivity index (χ3v) is 4.74. The van der Waals surface area contributed by atoms with Crippen LogP contribution in [0, 0.1) is 0 Å². The Balaban J connectivity index is 1.84. The molecule has 0 aliphatic rings. The molecule has 1 aromatic carbocycles. The minimum absolute atomic E-state index is 0.380. The Morgan fingerprint density at radius 1 is 0.963 bits per heavy atom. The first kappa shape index (κ1) is 19.5. The molecular weight excluding hydrogens is 334 g/mol. The van der Waals surface area contributed by atoms with E-state index in [0.29, 0.717) is 6.04 Å². The maximum atomic E-state index is 4.95. The highest BCUT2D eigenvalue weighted by atomic mass is 15.2. The molecule has 0 radical (unpaired) electrons. The SMILES string of the molecule is CC(C)n1c(CN(CCCN(C)C)Cc2ccccn2)nc2ccccc21. The van der Waals surface area contributed by atoms with Gasteiger partial charge in [0.15, 0.2) is 0 Å². The number of imidazole rings is 1. The lowest BCUT2D eigenvalue weighted by atomic mass is 10.2. The lowest BCUT2D eigenvalue weighted by Gasteiger charge is -2.24. The third kappa shape index (κ3) is 5.15. The standard InChI is InChI=1S/C22H31N5/c1-18(2)27-21-12-6-5-11-20(21)24-22(27)17-26(15-9-14-25(3)4)16-19-10-7-8-13-23-19/h5-8,10-13,18H,9,14-17H2,1-4H3. The number of aromatic nitrogens is 3. The van der Waals surface area contributed by atoms with Crippen LogP contribution in [-0.4, -0.2) is 51.5 Å². The predicted octanol–water partition coefficient (Wildman–Crippen LogP) is 3.97. The van der Waals surface area contributed by atoms with E-state index in [1.54, 1.807) is 0 Å². The highest BCUT2D eigenvalue weighted by Gasteiger charge is 2.16. The number of nitrogens with zero attached hydrogens (tertiary/aromatic N) is 5. The van der Waals surface area contributed by atoms with Crippen LogP contribution in [0.15, 0.2) is 48.7 Å². The fourth-order valence-electron chi connectivity index (χ4n) is 3.53. The number of pyridine rings is 1. The molecule has 3 rings (SSSR count). The van der Waals surface area contributed by atoms with Crippen LogP contribution < -0.4 is 0 Å². The molecule has 0 amide bonds. The summed E-state index contributed by atoms with van der Waals surface area (Å²) >= 11 is 0. The van der Waals surface area contributed by atoms with Gasteiger partial charge in [0.1, 0.15) is 5.82 Å². The van der Waals surface area contributed by atoms with Crippen molar-refractivity contribution in [1.29, 1.82) is 0 Å². The monoisotopic (exact) mass is 365 g/mol. The van der Waals surface area contributed by atoms with Gasteiger partial charge in [0.25, 0.3) is 0 Å². The maximum Gasteiger partial charge on any atom is 0.124 e. The van der Waals surface area contributed by atoms with Crippen LogP contribution >= 0.6 is 0 Å². The van der Waals surface area contributed by atoms with E-state index in [-0.39, 0.29) is 0 Å². The van der Waals surface area contributed by atoms with E-state index in [9.17, 15) is 0 Å². The average molecular weight is 366 g/mol. The van der Waals surface area contributed by atoms with E-state index in [1.807, 2.05) is 12.3 Å². The van der Waals surface area contributed by atoms with Gasteiger partial charge in [-0.3, -0.25) is 9.88 Å². The summed E-state index contributed by atoms with van der Waals surface area (Å²) in [4.78, 5) is 14.2. The number of fused-ring (bicyclic) bond motifs is 1. The first-order chi connectivity index (χ1) is 13.0. The molecule has 0 saturated heterocycles. The summed E-state index contributed by atoms with van der Waals surface area (Å²) in [6.45, 7) is 8.24. The quantitative estimate of drug-likeness (QED) is 0.575. The molecule has 2 aromatic heterocycles. The second-order valence-corrected chi connectivity index (χ2v) is 7.67. The first-order valence-corrected chi connectivity index (χ1v) is 9.77. The van der Waals surface area contributed by atoms with Gasteiger partial charge in [0, 0.05) is 25.3 Å². The zero-order valence-corrected chi connectivity index (χ0v) is 17.0. The molecule has 0 spiro atoms. The molecule has 0 unspecified atom stereocenters. The van der Waals surface area contributed by atoms with E-state index in [0.717, 1.165) is 49.6 Å². The van der Waals surface area contributed by atoms with Gasteiger partial charge in [0.2, 0.25) is 0 Å². The molecule has 0 atom stereocenters. The van der Waals surface area contributed by atoms with Crippen molar-refractivity contribution in [3.63, 3.8) is 0 Å². The van der Waals surface area contributed by atoms with Crippen molar-refractivity contribution in [3.8, 4) is 0 Å². The molecule has 0 fully saturated rings. The van der Waals surface area contributed by atoms with Crippen LogP contribution in [0.2, 0.25) is 0 Å². The molecule has 2 heterocycles. The van der Waals surface area contributed by atoms with Crippen LogP contribution in [0.1, 0.15) is 37.8 Å². The van der Waals surface area contributed by atoms with E-state index in [1.165, 1.54) is 5.52 Å². The van der Waals surface area contributed by atoms with Crippen LogP contribution in [-0.2, 0) is 13.1 Å². The molecule has 5 heteroatoms. The minimum Gasteiger partial charge on any atom is -0.324 e. The third-order valence-electron chi connectivity index (χ3n) is 4.74. The zero-order valence-electron chi connectivity index (χ0n) is 17.0. The summed E-state index contributed by atoms with van der Waals surface area (Å²) in [5.41, 5.74) is 3.40. The number of hydrogen-bond acceptors (Lipinski definition) is 4. The largest absolute Gasteiger partial charge is 0.324 e. The normalized spacial score (nSPS) is 12.0. The Kier molecular flexibility index (Phi) is 6.58. The molecule has 0 aliphatic heterocycles. The Morgan fingerprint density at radius 2 is 1.74 bits per heavy atom. The Hall–Kier alpha value is -2.24. The first-order valence-electron chi connectivity index (χ1n) is 9.77. The van der Waals surface area contributed by atoms with Crippen molar-refractivity contribution >= 4 is 11.0 Å². The van der Waals surface area contributed by atoms with E-state index >= 15 is 0 Å². The molecule has 0 saturated carbocycles. The number of hydrogen-bond donors (Lipinski definition) is 0. The number of rotatable bonds is 9. The van der Waals surface area contributed by atoms with Gasteiger partial charge >= 0.3 is 0 Å². The van der Waals surface area contributed by atoms with Gasteiger partial charge in [-0.15, -0.1) is 0 Å². The smallest absolute Gasteiger partial charge is 0.124 e. The number of para-hydroxylation sites is 2. The van der Waals surface area contributed by atoms with Crippen LogP contribution in [0.25, 0.3) is 11.0 Å². The van der Waals surface area contributed by atoms with Gasteiger partial charge < -0.3 is 9.47 Å². The lowest BCUT2D eigenvalue weighted by Crippen LogP contribution is -2.28. The highest BCUT2D eigenvalue weighted by molar-refractivity contribution is 5.76. The van der Waals surface area contributed by atoms with Gasteiger partial charge in [-0.1, -0.05) is 18.2 Å². The molecule has 5 nitrogen and oxygen atoms in total. The summed E-state index contributed by atoms with van der Waals surface area (Å²) in [6, 6.07) is 14.9. The Labute approximate surface area is 162 Å². The van der Waals surface area contributed by atoms with E-state index in [4.69, 9.17) is 4.98 Å². The van der Waals surface area contributed by atoms with Crippen molar-refractivity contribution in [2.24, 2.45) is 0 Å². The van der Waals surface area contributed by atoms with Crippen molar-refractivity contribution in [2.45, 2.75) is 39.4 Å². The van der Waals surface area contributed by atoms with Crippen molar-refractivity contribution in [1.82, 2.24) is 24.3 Å². The summed E-state index contributed by atoms with van der Waals surface area (Å²) in [5.74, 6) is 1.13. The molecule has 3 aromatic rings. The molecule has 144 valence electrons. The van der Waals surface area contributed by atoms with E-state index < -0.39 is 0 Å². The molecule has 0 N–H and O–H groups in total. The van der Waals surface area contributed by atoms with Gasteiger partial charge in [-0.05, 0) is 65.2 Å². The molecule has 27 heavy (non-hydrogen) atoms. The van der Waals surface area contributed by atoms with Crippen LogP contribution in [0.5, 0.6) is 0 Å². The second-order valence-electron chi connectivity index (χ2n) is 7.67. The summed E-state index contributed by atoms with van der Waals surface area (Å²) in [5, 5.41) is 0. The lowest BCUT2D eigenvalue weighted by molar-refractivity contribution is 0.228. The van der Waals surface area contributed by atoms with Gasteiger partial charge in [0.05, 0.1) is 23.3 Å². The zero-order chi connectivity index (χ0) is 19.2. The van der Waals surface area contributed by atoms with Gasteiger partial charge in [-0.25, -0.2) is 4.98 Å². The summed E-state index contributed by atoms with van der Waals surface area (Å²) < 4.78 is 2.37. The maximum absolute atomic E-state index is 4.95. The van der Waals surface area contributed by atoms with Crippen molar-refractivity contribution in [3.05, 3.63) is 60.2 Å². The number of benzene rings is 1. The second kappa shape index (κ2) is 9.11. The molecule has 0 bridgehead atoms. The topological polar surface area (TPSA) is 37.2 Å². The molecular formula is C22H31N5. The van der Waals surface area contributed by atoms with Crippen LogP contribution in [0.3, 0.4) is 0 Å². The Morgan fingerprint density at radius 3 is 2.44 bits per heavy atom. The van der Waals surface area contributed by atoms with Crippen LogP contribution in [0.4, 0.5) is 0 Å².